The van der Waals surface area contributed by atoms with Crippen molar-refractivity contribution in [3.8, 4) is 11.3 Å². The number of nitrogens with zero attached hydrogens (tertiary/aromatic N) is 4. The third-order valence-electron chi connectivity index (χ3n) is 3.60. The van der Waals surface area contributed by atoms with Gasteiger partial charge in [-0.1, -0.05) is 36.3 Å². The average Bonchev–Trinajstić information content (AvgIpc) is 2.54. The Morgan fingerprint density at radius 3 is 2.65 bits per heavy atom. The third-order valence-corrected chi connectivity index (χ3v) is 3.60. The van der Waals surface area contributed by atoms with Gasteiger partial charge in [-0.3, -0.25) is 0 Å². The van der Waals surface area contributed by atoms with Crippen LogP contribution in [0.2, 0.25) is 0 Å². The maximum atomic E-state index is 14.0. The van der Waals surface area contributed by atoms with Crippen LogP contribution in [0.25, 0.3) is 32.6 Å². The number of fused-ring (bicyclic) bond motifs is 1. The van der Waals surface area contributed by atoms with Crippen molar-refractivity contribution in [3.05, 3.63) is 76.2 Å². The highest BCUT2D eigenvalue weighted by Crippen LogP contribution is 2.32. The van der Waals surface area contributed by atoms with Crippen LogP contribution in [-0.2, 0) is 0 Å². The molecule has 0 radical (unpaired) electrons. The van der Waals surface area contributed by atoms with Gasteiger partial charge in [0.25, 0.3) is 0 Å². The number of rotatable bonds is 3. The molecule has 6 heteroatoms. The molecule has 1 aromatic heterocycles. The summed E-state index contributed by atoms with van der Waals surface area (Å²) in [5.74, 6) is -0.872. The molecule has 1 heterocycles. The van der Waals surface area contributed by atoms with Crippen LogP contribution < -0.4 is 0 Å². The minimum Gasteiger partial charge on any atom is -0.244 e. The first-order valence-corrected chi connectivity index (χ1v) is 6.99. The summed E-state index contributed by atoms with van der Waals surface area (Å²) >= 11 is 0. The molecule has 0 aliphatic heterocycles. The van der Waals surface area contributed by atoms with Crippen LogP contribution >= 0.6 is 0 Å². The van der Waals surface area contributed by atoms with Gasteiger partial charge in [0, 0.05) is 15.9 Å². The second-order valence-electron chi connectivity index (χ2n) is 5.13. The Hall–Kier alpha value is -2.98. The van der Waals surface area contributed by atoms with Crippen molar-refractivity contribution in [1.82, 2.24) is 4.98 Å². The van der Waals surface area contributed by atoms with E-state index in [9.17, 15) is 8.78 Å². The Balaban J connectivity index is 2.34. The lowest BCUT2D eigenvalue weighted by atomic mass is 9.99. The summed E-state index contributed by atoms with van der Waals surface area (Å²) in [5.41, 5.74) is 10.4. The van der Waals surface area contributed by atoms with E-state index in [1.165, 1.54) is 18.2 Å². The summed E-state index contributed by atoms with van der Waals surface area (Å²) in [6.07, 6.45) is 0. The van der Waals surface area contributed by atoms with Gasteiger partial charge >= 0.3 is 0 Å². The number of para-hydroxylation sites is 1. The van der Waals surface area contributed by atoms with Crippen molar-refractivity contribution < 1.29 is 8.78 Å². The van der Waals surface area contributed by atoms with Crippen molar-refractivity contribution in [2.24, 2.45) is 5.11 Å². The van der Waals surface area contributed by atoms with Gasteiger partial charge in [-0.2, -0.15) is 0 Å². The highest BCUT2D eigenvalue weighted by atomic mass is 19.1. The molecule has 0 bridgehead atoms. The van der Waals surface area contributed by atoms with Gasteiger partial charge in [-0.15, -0.1) is 0 Å². The molecule has 3 rings (SSSR count). The molecule has 0 spiro atoms. The minimum absolute atomic E-state index is 0.198. The maximum Gasteiger partial charge on any atom is 0.149 e. The van der Waals surface area contributed by atoms with Gasteiger partial charge in [0.1, 0.15) is 17.2 Å². The molecular formula is C17H12F2N4. The van der Waals surface area contributed by atoms with E-state index in [4.69, 9.17) is 5.53 Å². The second kappa shape index (κ2) is 6.02. The van der Waals surface area contributed by atoms with Crippen LogP contribution in [0.1, 0.15) is 18.5 Å². The summed E-state index contributed by atoms with van der Waals surface area (Å²) in [6, 6.07) is 11.7. The Kier molecular flexibility index (Phi) is 3.91. The van der Waals surface area contributed by atoms with E-state index in [0.29, 0.717) is 22.2 Å². The number of halogens is 2. The third kappa shape index (κ3) is 2.84. The number of benzene rings is 2. The molecule has 0 saturated carbocycles. The Bertz CT molecular complexity index is 933. The van der Waals surface area contributed by atoms with E-state index >= 15 is 0 Å². The summed E-state index contributed by atoms with van der Waals surface area (Å²) in [6.45, 7) is 1.71. The fraction of sp³-hybridized carbons (Fsp3) is 0.118. The Morgan fingerprint density at radius 2 is 1.91 bits per heavy atom. The molecule has 3 aromatic rings. The highest BCUT2D eigenvalue weighted by molar-refractivity contribution is 5.84. The van der Waals surface area contributed by atoms with E-state index < -0.39 is 17.7 Å². The van der Waals surface area contributed by atoms with E-state index in [-0.39, 0.29) is 5.52 Å². The van der Waals surface area contributed by atoms with Crippen LogP contribution in [0, 0.1) is 11.6 Å². The van der Waals surface area contributed by atoms with Gasteiger partial charge in [0.15, 0.2) is 0 Å². The fourth-order valence-electron chi connectivity index (χ4n) is 2.50. The molecule has 114 valence electrons. The molecule has 2 aromatic carbocycles. The van der Waals surface area contributed by atoms with E-state index in [2.05, 4.69) is 15.0 Å². The van der Waals surface area contributed by atoms with Crippen LogP contribution in [0.5, 0.6) is 0 Å². The van der Waals surface area contributed by atoms with Gasteiger partial charge < -0.3 is 0 Å². The second-order valence-corrected chi connectivity index (χ2v) is 5.13. The number of pyridine rings is 1. The first-order chi connectivity index (χ1) is 11.1. The zero-order valence-corrected chi connectivity index (χ0v) is 12.2. The fourth-order valence-corrected chi connectivity index (χ4v) is 2.50. The Labute approximate surface area is 131 Å². The minimum atomic E-state index is -0.515. The summed E-state index contributed by atoms with van der Waals surface area (Å²) < 4.78 is 27.6. The molecule has 0 unspecified atom stereocenters. The molecule has 4 nitrogen and oxygen atoms in total. The zero-order valence-electron chi connectivity index (χ0n) is 12.2. The predicted molar refractivity (Wildman–Crippen MR) is 84.7 cm³/mol. The molecular weight excluding hydrogens is 298 g/mol. The monoisotopic (exact) mass is 310 g/mol. The van der Waals surface area contributed by atoms with E-state index in [1.54, 1.807) is 37.3 Å². The van der Waals surface area contributed by atoms with Crippen molar-refractivity contribution in [2.45, 2.75) is 13.0 Å². The molecule has 0 amide bonds. The first-order valence-electron chi connectivity index (χ1n) is 6.99. The highest BCUT2D eigenvalue weighted by Gasteiger charge is 2.16. The normalized spacial score (nSPS) is 12.0. The smallest absolute Gasteiger partial charge is 0.149 e. The maximum absolute atomic E-state index is 14.0. The van der Waals surface area contributed by atoms with Gasteiger partial charge in [0.2, 0.25) is 0 Å². The molecule has 23 heavy (non-hydrogen) atoms. The number of hydrogen-bond acceptors (Lipinski definition) is 2. The van der Waals surface area contributed by atoms with Crippen LogP contribution in [-0.4, -0.2) is 4.98 Å². The quantitative estimate of drug-likeness (QED) is 0.355. The van der Waals surface area contributed by atoms with Crippen molar-refractivity contribution in [2.75, 3.05) is 0 Å². The van der Waals surface area contributed by atoms with Crippen LogP contribution in [0.4, 0.5) is 8.78 Å². The lowest BCUT2D eigenvalue weighted by Crippen LogP contribution is -1.99. The number of hydrogen-bond donors (Lipinski definition) is 0. The standard InChI is InChI=1S/C17H12F2N4/c1-10(22-23-20)14-9-12-5-3-7-15(19)17(12)21-16(14)11-4-2-6-13(18)8-11/h2-10H,1H3/t10-/m0/s1. The van der Waals surface area contributed by atoms with Gasteiger partial charge in [-0.25, -0.2) is 13.8 Å². The molecule has 0 fully saturated rings. The van der Waals surface area contributed by atoms with Gasteiger partial charge in [-0.05, 0) is 35.4 Å². The van der Waals surface area contributed by atoms with Crippen molar-refractivity contribution >= 4 is 10.9 Å². The first kappa shape index (κ1) is 14.9. The van der Waals surface area contributed by atoms with Crippen LogP contribution in [0.15, 0.2) is 53.6 Å². The average molecular weight is 310 g/mol. The van der Waals surface area contributed by atoms with E-state index in [1.807, 2.05) is 0 Å². The number of azide groups is 1. The molecule has 0 N–H and O–H groups in total. The molecule has 0 aliphatic rings. The largest absolute Gasteiger partial charge is 0.244 e. The zero-order chi connectivity index (χ0) is 16.4. The van der Waals surface area contributed by atoms with Gasteiger partial charge in [0.05, 0.1) is 11.7 Å². The summed E-state index contributed by atoms with van der Waals surface area (Å²) in [5, 5.41) is 4.28. The Morgan fingerprint density at radius 1 is 1.13 bits per heavy atom. The number of aromatic nitrogens is 1. The van der Waals surface area contributed by atoms with Crippen molar-refractivity contribution in [1.29, 1.82) is 0 Å². The van der Waals surface area contributed by atoms with Crippen LogP contribution in [0.3, 0.4) is 0 Å². The lowest BCUT2D eigenvalue weighted by Gasteiger charge is -2.14. The topological polar surface area (TPSA) is 61.7 Å². The molecule has 0 aliphatic carbocycles. The van der Waals surface area contributed by atoms with E-state index in [0.717, 1.165) is 0 Å². The van der Waals surface area contributed by atoms with Crippen molar-refractivity contribution in [3.63, 3.8) is 0 Å². The molecule has 1 atom stereocenters. The SMILES string of the molecule is C[C@H](N=[N+]=[N-])c1cc2cccc(F)c2nc1-c1cccc(F)c1. The summed E-state index contributed by atoms with van der Waals surface area (Å²) in [7, 11) is 0. The predicted octanol–water partition coefficient (Wildman–Crippen LogP) is 5.55. The molecule has 0 saturated heterocycles. The lowest BCUT2D eigenvalue weighted by molar-refractivity contribution is 0.628. The summed E-state index contributed by atoms with van der Waals surface area (Å²) in [4.78, 5) is 7.18.